The SMILES string of the molecule is COc1cc(NC(=O)c2cc(Cl)ccc2OC)c2ncccc2c1. The molecule has 122 valence electrons. The van der Waals surface area contributed by atoms with Gasteiger partial charge >= 0.3 is 0 Å². The van der Waals surface area contributed by atoms with Gasteiger partial charge in [0.15, 0.2) is 0 Å². The van der Waals surface area contributed by atoms with E-state index in [1.54, 1.807) is 37.6 Å². The number of amides is 1. The van der Waals surface area contributed by atoms with Gasteiger partial charge in [-0.1, -0.05) is 17.7 Å². The minimum Gasteiger partial charge on any atom is -0.497 e. The summed E-state index contributed by atoms with van der Waals surface area (Å²) < 4.78 is 10.5. The number of fused-ring (bicyclic) bond motifs is 1. The number of nitrogens with one attached hydrogen (secondary N) is 1. The van der Waals surface area contributed by atoms with Crippen LogP contribution in [0.1, 0.15) is 10.4 Å². The predicted octanol–water partition coefficient (Wildman–Crippen LogP) is 4.16. The Morgan fingerprint density at radius 2 is 1.96 bits per heavy atom. The Morgan fingerprint density at radius 1 is 1.12 bits per heavy atom. The van der Waals surface area contributed by atoms with Gasteiger partial charge < -0.3 is 14.8 Å². The highest BCUT2D eigenvalue weighted by Gasteiger charge is 2.15. The van der Waals surface area contributed by atoms with E-state index in [0.717, 1.165) is 5.39 Å². The summed E-state index contributed by atoms with van der Waals surface area (Å²) in [5.74, 6) is 0.732. The van der Waals surface area contributed by atoms with Crippen LogP contribution in [-0.2, 0) is 0 Å². The van der Waals surface area contributed by atoms with E-state index in [1.807, 2.05) is 18.2 Å². The smallest absolute Gasteiger partial charge is 0.259 e. The normalized spacial score (nSPS) is 10.5. The molecule has 0 radical (unpaired) electrons. The van der Waals surface area contributed by atoms with Gasteiger partial charge in [-0.25, -0.2) is 0 Å². The molecule has 0 saturated heterocycles. The largest absolute Gasteiger partial charge is 0.497 e. The number of carbonyl (C=O) groups is 1. The molecule has 1 amide bonds. The Labute approximate surface area is 144 Å². The van der Waals surface area contributed by atoms with E-state index in [0.29, 0.717) is 33.3 Å². The molecule has 6 heteroatoms. The molecule has 0 aliphatic carbocycles. The number of carbonyl (C=O) groups excluding carboxylic acids is 1. The second-order valence-corrected chi connectivity index (χ2v) is 5.49. The standard InChI is InChI=1S/C18H15ClN2O3/c1-23-13-8-11-4-3-7-20-17(11)15(10-13)21-18(22)14-9-12(19)5-6-16(14)24-2/h3-10H,1-2H3,(H,21,22). The number of aromatic nitrogens is 1. The quantitative estimate of drug-likeness (QED) is 0.773. The third kappa shape index (κ3) is 3.12. The van der Waals surface area contributed by atoms with Crippen LogP contribution in [0, 0.1) is 0 Å². The average Bonchev–Trinajstić information content (AvgIpc) is 2.61. The van der Waals surface area contributed by atoms with Crippen LogP contribution < -0.4 is 14.8 Å². The maximum absolute atomic E-state index is 12.7. The minimum absolute atomic E-state index is 0.338. The zero-order valence-electron chi connectivity index (χ0n) is 13.2. The maximum atomic E-state index is 12.7. The number of nitrogens with zero attached hydrogens (tertiary/aromatic N) is 1. The van der Waals surface area contributed by atoms with Crippen molar-refractivity contribution in [2.24, 2.45) is 0 Å². The molecule has 0 saturated carbocycles. The van der Waals surface area contributed by atoms with Crippen molar-refractivity contribution in [3.8, 4) is 11.5 Å². The molecule has 24 heavy (non-hydrogen) atoms. The summed E-state index contributed by atoms with van der Waals surface area (Å²) in [7, 11) is 3.08. The van der Waals surface area contributed by atoms with Crippen molar-refractivity contribution in [1.29, 1.82) is 0 Å². The van der Waals surface area contributed by atoms with Gasteiger partial charge in [-0.3, -0.25) is 9.78 Å². The number of methoxy groups -OCH3 is 2. The zero-order valence-corrected chi connectivity index (χ0v) is 13.9. The van der Waals surface area contributed by atoms with Crippen LogP contribution in [0.4, 0.5) is 5.69 Å². The molecule has 0 aliphatic rings. The fourth-order valence-corrected chi connectivity index (χ4v) is 2.60. The number of rotatable bonds is 4. The zero-order chi connectivity index (χ0) is 17.1. The third-order valence-electron chi connectivity index (χ3n) is 3.57. The highest BCUT2D eigenvalue weighted by molar-refractivity contribution is 6.31. The van der Waals surface area contributed by atoms with E-state index in [-0.39, 0.29) is 5.91 Å². The molecule has 3 rings (SSSR count). The van der Waals surface area contributed by atoms with Gasteiger partial charge in [0.1, 0.15) is 11.5 Å². The molecule has 0 spiro atoms. The van der Waals surface area contributed by atoms with E-state index in [9.17, 15) is 4.79 Å². The van der Waals surface area contributed by atoms with Crippen molar-refractivity contribution in [3.05, 3.63) is 59.2 Å². The Bertz CT molecular complexity index is 912. The van der Waals surface area contributed by atoms with Crippen molar-refractivity contribution in [2.45, 2.75) is 0 Å². The lowest BCUT2D eigenvalue weighted by Gasteiger charge is -2.12. The summed E-state index contributed by atoms with van der Waals surface area (Å²) in [6.45, 7) is 0. The Hall–Kier alpha value is -2.79. The van der Waals surface area contributed by atoms with Crippen LogP contribution in [0.2, 0.25) is 5.02 Å². The van der Waals surface area contributed by atoms with Crippen LogP contribution in [0.25, 0.3) is 10.9 Å². The van der Waals surface area contributed by atoms with Crippen LogP contribution >= 0.6 is 11.6 Å². The molecule has 5 nitrogen and oxygen atoms in total. The molecular formula is C18H15ClN2O3. The molecule has 3 aromatic rings. The monoisotopic (exact) mass is 342 g/mol. The summed E-state index contributed by atoms with van der Waals surface area (Å²) in [4.78, 5) is 17.0. The van der Waals surface area contributed by atoms with Crippen molar-refractivity contribution in [1.82, 2.24) is 4.98 Å². The summed E-state index contributed by atoms with van der Waals surface area (Å²) in [6.07, 6.45) is 1.67. The number of hydrogen-bond acceptors (Lipinski definition) is 4. The van der Waals surface area contributed by atoms with Gasteiger partial charge in [0.25, 0.3) is 5.91 Å². The summed E-state index contributed by atoms with van der Waals surface area (Å²) in [5, 5.41) is 4.18. The Balaban J connectivity index is 2.03. The number of ether oxygens (including phenoxy) is 2. The Kier molecular flexibility index (Phi) is 4.53. The fourth-order valence-electron chi connectivity index (χ4n) is 2.43. The first-order valence-electron chi connectivity index (χ1n) is 7.20. The summed E-state index contributed by atoms with van der Waals surface area (Å²) >= 11 is 6.00. The van der Waals surface area contributed by atoms with Crippen LogP contribution in [0.15, 0.2) is 48.7 Å². The van der Waals surface area contributed by atoms with Gasteiger partial charge in [0.2, 0.25) is 0 Å². The highest BCUT2D eigenvalue weighted by atomic mass is 35.5. The number of hydrogen-bond donors (Lipinski definition) is 1. The first kappa shape index (κ1) is 16.1. The topological polar surface area (TPSA) is 60.5 Å². The molecule has 0 bridgehead atoms. The van der Waals surface area contributed by atoms with Crippen LogP contribution in [-0.4, -0.2) is 25.1 Å². The summed E-state index contributed by atoms with van der Waals surface area (Å²) in [5.41, 5.74) is 1.57. The second kappa shape index (κ2) is 6.76. The molecule has 0 fully saturated rings. The number of anilines is 1. The lowest BCUT2D eigenvalue weighted by Crippen LogP contribution is -2.14. The van der Waals surface area contributed by atoms with Gasteiger partial charge in [0, 0.05) is 22.7 Å². The lowest BCUT2D eigenvalue weighted by atomic mass is 10.1. The summed E-state index contributed by atoms with van der Waals surface area (Å²) in [6, 6.07) is 12.2. The number of benzene rings is 2. The molecule has 1 aromatic heterocycles. The molecule has 1 N–H and O–H groups in total. The Morgan fingerprint density at radius 3 is 2.71 bits per heavy atom. The van der Waals surface area contributed by atoms with Gasteiger partial charge in [-0.2, -0.15) is 0 Å². The first-order chi connectivity index (χ1) is 11.6. The van der Waals surface area contributed by atoms with E-state index in [4.69, 9.17) is 21.1 Å². The molecule has 2 aromatic carbocycles. The number of halogens is 1. The minimum atomic E-state index is -0.338. The molecule has 0 atom stereocenters. The molecule has 0 aliphatic heterocycles. The highest BCUT2D eigenvalue weighted by Crippen LogP contribution is 2.29. The van der Waals surface area contributed by atoms with Crippen molar-refractivity contribution in [2.75, 3.05) is 19.5 Å². The fraction of sp³-hybridized carbons (Fsp3) is 0.111. The van der Waals surface area contributed by atoms with Gasteiger partial charge in [-0.05, 0) is 30.3 Å². The molecule has 0 unspecified atom stereocenters. The van der Waals surface area contributed by atoms with E-state index < -0.39 is 0 Å². The third-order valence-corrected chi connectivity index (χ3v) is 3.80. The van der Waals surface area contributed by atoms with E-state index >= 15 is 0 Å². The van der Waals surface area contributed by atoms with Crippen molar-refractivity contribution >= 4 is 34.1 Å². The predicted molar refractivity (Wildman–Crippen MR) is 94.3 cm³/mol. The number of pyridine rings is 1. The van der Waals surface area contributed by atoms with Crippen molar-refractivity contribution in [3.63, 3.8) is 0 Å². The second-order valence-electron chi connectivity index (χ2n) is 5.05. The van der Waals surface area contributed by atoms with Crippen LogP contribution in [0.3, 0.4) is 0 Å². The lowest BCUT2D eigenvalue weighted by molar-refractivity contribution is 0.102. The average molecular weight is 343 g/mol. The molecule has 1 heterocycles. The first-order valence-corrected chi connectivity index (χ1v) is 7.58. The van der Waals surface area contributed by atoms with Crippen LogP contribution in [0.5, 0.6) is 11.5 Å². The molecular weight excluding hydrogens is 328 g/mol. The van der Waals surface area contributed by atoms with Gasteiger partial charge in [-0.15, -0.1) is 0 Å². The van der Waals surface area contributed by atoms with E-state index in [2.05, 4.69) is 10.3 Å². The maximum Gasteiger partial charge on any atom is 0.259 e. The van der Waals surface area contributed by atoms with E-state index in [1.165, 1.54) is 7.11 Å². The van der Waals surface area contributed by atoms with Gasteiger partial charge in [0.05, 0.1) is 31.0 Å². The van der Waals surface area contributed by atoms with Crippen molar-refractivity contribution < 1.29 is 14.3 Å².